The van der Waals surface area contributed by atoms with Gasteiger partial charge in [-0.05, 0) is 18.1 Å². The third-order valence-corrected chi connectivity index (χ3v) is 2.21. The molecule has 0 spiro atoms. The van der Waals surface area contributed by atoms with Gasteiger partial charge in [-0.25, -0.2) is 4.79 Å². The molecule has 0 aliphatic heterocycles. The van der Waals surface area contributed by atoms with Crippen molar-refractivity contribution < 1.29 is 14.3 Å². The molecule has 0 aliphatic rings. The lowest BCUT2D eigenvalue weighted by atomic mass is 10.1. The fraction of sp³-hybridized carbons (Fsp3) is 0.417. The van der Waals surface area contributed by atoms with Crippen molar-refractivity contribution >= 4 is 6.09 Å². The molecule has 1 rings (SSSR count). The third-order valence-electron chi connectivity index (χ3n) is 2.21. The second-order valence-electron chi connectivity index (χ2n) is 3.41. The molecule has 16 heavy (non-hydrogen) atoms. The number of hydrogen-bond donors (Lipinski definition) is 1. The first-order valence-electron chi connectivity index (χ1n) is 5.18. The van der Waals surface area contributed by atoms with E-state index < -0.39 is 6.09 Å². The summed E-state index contributed by atoms with van der Waals surface area (Å²) < 4.78 is 9.64. The zero-order valence-corrected chi connectivity index (χ0v) is 9.66. The molecule has 4 nitrogen and oxygen atoms in total. The molecule has 1 aromatic rings. The summed E-state index contributed by atoms with van der Waals surface area (Å²) in [5.74, 6) is 0. The topological polar surface area (TPSA) is 47.6 Å². The predicted octanol–water partition coefficient (Wildman–Crippen LogP) is 1.87. The second kappa shape index (κ2) is 6.85. The van der Waals surface area contributed by atoms with Gasteiger partial charge in [0.15, 0.2) is 0 Å². The van der Waals surface area contributed by atoms with E-state index in [4.69, 9.17) is 9.47 Å². The average molecular weight is 223 g/mol. The normalized spacial score (nSPS) is 9.88. The van der Waals surface area contributed by atoms with Gasteiger partial charge in [-0.15, -0.1) is 0 Å². The standard InChI is InChI=1S/C12H17NO3/c1-10-5-3-4-6-11(10)9-13-12(14)16-8-7-15-2/h3-6H,7-9H2,1-2H3,(H,13,14). The molecule has 0 atom stereocenters. The lowest BCUT2D eigenvalue weighted by Gasteiger charge is -2.08. The van der Waals surface area contributed by atoms with Gasteiger partial charge in [0.1, 0.15) is 6.61 Å². The second-order valence-corrected chi connectivity index (χ2v) is 3.41. The largest absolute Gasteiger partial charge is 0.447 e. The van der Waals surface area contributed by atoms with Crippen molar-refractivity contribution in [2.45, 2.75) is 13.5 Å². The minimum Gasteiger partial charge on any atom is -0.447 e. The minimum atomic E-state index is -0.416. The lowest BCUT2D eigenvalue weighted by molar-refractivity contribution is 0.0983. The molecule has 4 heteroatoms. The summed E-state index contributed by atoms with van der Waals surface area (Å²) in [5.41, 5.74) is 2.24. The van der Waals surface area contributed by atoms with E-state index >= 15 is 0 Å². The average Bonchev–Trinajstić information content (AvgIpc) is 2.28. The first-order chi connectivity index (χ1) is 7.74. The Morgan fingerprint density at radius 2 is 2.06 bits per heavy atom. The van der Waals surface area contributed by atoms with Crippen molar-refractivity contribution in [1.82, 2.24) is 5.32 Å². The van der Waals surface area contributed by atoms with Crippen LogP contribution in [0.15, 0.2) is 24.3 Å². The van der Waals surface area contributed by atoms with Gasteiger partial charge in [-0.1, -0.05) is 24.3 Å². The minimum absolute atomic E-state index is 0.274. The number of alkyl carbamates (subject to hydrolysis) is 1. The molecule has 0 aliphatic carbocycles. The van der Waals surface area contributed by atoms with Gasteiger partial charge in [0.05, 0.1) is 6.61 Å². The van der Waals surface area contributed by atoms with Crippen LogP contribution in [0.5, 0.6) is 0 Å². The summed E-state index contributed by atoms with van der Waals surface area (Å²) in [6.07, 6.45) is -0.416. The van der Waals surface area contributed by atoms with E-state index in [0.29, 0.717) is 13.2 Å². The first-order valence-corrected chi connectivity index (χ1v) is 5.18. The molecule has 1 N–H and O–H groups in total. The Kier molecular flexibility index (Phi) is 5.36. The van der Waals surface area contributed by atoms with Crippen molar-refractivity contribution in [3.05, 3.63) is 35.4 Å². The van der Waals surface area contributed by atoms with Crippen molar-refractivity contribution in [2.75, 3.05) is 20.3 Å². The fourth-order valence-corrected chi connectivity index (χ4v) is 1.24. The Bertz CT molecular complexity index is 339. The van der Waals surface area contributed by atoms with Crippen LogP contribution in [-0.4, -0.2) is 26.4 Å². The number of aryl methyl sites for hydroxylation is 1. The SMILES string of the molecule is COCCOC(=O)NCc1ccccc1C. The Morgan fingerprint density at radius 1 is 1.31 bits per heavy atom. The fourth-order valence-electron chi connectivity index (χ4n) is 1.24. The van der Waals surface area contributed by atoms with Gasteiger partial charge in [-0.2, -0.15) is 0 Å². The number of rotatable bonds is 5. The van der Waals surface area contributed by atoms with Gasteiger partial charge in [0, 0.05) is 13.7 Å². The van der Waals surface area contributed by atoms with E-state index in [1.54, 1.807) is 7.11 Å². The highest BCUT2D eigenvalue weighted by Crippen LogP contribution is 2.05. The van der Waals surface area contributed by atoms with E-state index in [1.807, 2.05) is 31.2 Å². The number of nitrogens with one attached hydrogen (secondary N) is 1. The van der Waals surface area contributed by atoms with Crippen LogP contribution >= 0.6 is 0 Å². The Morgan fingerprint density at radius 3 is 2.75 bits per heavy atom. The smallest absolute Gasteiger partial charge is 0.407 e. The molecular formula is C12H17NO3. The molecule has 88 valence electrons. The molecule has 0 radical (unpaired) electrons. The van der Waals surface area contributed by atoms with Crippen LogP contribution in [0.2, 0.25) is 0 Å². The Balaban J connectivity index is 2.29. The Labute approximate surface area is 95.6 Å². The highest BCUT2D eigenvalue weighted by molar-refractivity contribution is 5.67. The molecule has 0 aromatic heterocycles. The van der Waals surface area contributed by atoms with Crippen molar-refractivity contribution in [3.8, 4) is 0 Å². The molecule has 0 saturated heterocycles. The van der Waals surface area contributed by atoms with E-state index in [1.165, 1.54) is 0 Å². The summed E-state index contributed by atoms with van der Waals surface area (Å²) in [4.78, 5) is 11.2. The number of ether oxygens (including phenoxy) is 2. The van der Waals surface area contributed by atoms with E-state index in [9.17, 15) is 4.79 Å². The third kappa shape index (κ3) is 4.31. The summed E-state index contributed by atoms with van der Waals surface area (Å²) in [6.45, 7) is 3.18. The van der Waals surface area contributed by atoms with Crippen molar-refractivity contribution in [2.24, 2.45) is 0 Å². The van der Waals surface area contributed by atoms with E-state index in [0.717, 1.165) is 11.1 Å². The van der Waals surface area contributed by atoms with Gasteiger partial charge in [0.25, 0.3) is 0 Å². The molecule has 1 aromatic carbocycles. The molecular weight excluding hydrogens is 206 g/mol. The molecule has 0 heterocycles. The van der Waals surface area contributed by atoms with Gasteiger partial charge in [-0.3, -0.25) is 0 Å². The maximum Gasteiger partial charge on any atom is 0.407 e. The van der Waals surface area contributed by atoms with Gasteiger partial charge >= 0.3 is 6.09 Å². The summed E-state index contributed by atoms with van der Waals surface area (Å²) in [5, 5.41) is 2.68. The summed E-state index contributed by atoms with van der Waals surface area (Å²) in [6, 6.07) is 7.90. The lowest BCUT2D eigenvalue weighted by Crippen LogP contribution is -2.25. The monoisotopic (exact) mass is 223 g/mol. The zero-order chi connectivity index (χ0) is 11.8. The van der Waals surface area contributed by atoms with Crippen LogP contribution < -0.4 is 5.32 Å². The van der Waals surface area contributed by atoms with Gasteiger partial charge < -0.3 is 14.8 Å². The van der Waals surface area contributed by atoms with Crippen LogP contribution in [0.3, 0.4) is 0 Å². The quantitative estimate of drug-likeness (QED) is 0.775. The summed E-state index contributed by atoms with van der Waals surface area (Å²) >= 11 is 0. The zero-order valence-electron chi connectivity index (χ0n) is 9.66. The molecule has 0 bridgehead atoms. The maximum absolute atomic E-state index is 11.2. The molecule has 1 amide bonds. The number of carbonyl (C=O) groups excluding carboxylic acids is 1. The van der Waals surface area contributed by atoms with Crippen molar-refractivity contribution in [1.29, 1.82) is 0 Å². The highest BCUT2D eigenvalue weighted by Gasteiger charge is 2.02. The van der Waals surface area contributed by atoms with E-state index in [2.05, 4.69) is 5.32 Å². The van der Waals surface area contributed by atoms with Crippen LogP contribution in [0.4, 0.5) is 4.79 Å². The molecule has 0 fully saturated rings. The summed E-state index contributed by atoms with van der Waals surface area (Å²) in [7, 11) is 1.56. The van der Waals surface area contributed by atoms with Crippen LogP contribution in [0.1, 0.15) is 11.1 Å². The van der Waals surface area contributed by atoms with Crippen molar-refractivity contribution in [3.63, 3.8) is 0 Å². The van der Waals surface area contributed by atoms with Gasteiger partial charge in [0.2, 0.25) is 0 Å². The molecule has 0 unspecified atom stereocenters. The first kappa shape index (κ1) is 12.5. The maximum atomic E-state index is 11.2. The van der Waals surface area contributed by atoms with Crippen LogP contribution in [-0.2, 0) is 16.0 Å². The number of carbonyl (C=O) groups is 1. The number of amides is 1. The highest BCUT2D eigenvalue weighted by atomic mass is 16.6. The van der Waals surface area contributed by atoms with Crippen LogP contribution in [0, 0.1) is 6.92 Å². The Hall–Kier alpha value is -1.55. The number of hydrogen-bond acceptors (Lipinski definition) is 3. The van der Waals surface area contributed by atoms with E-state index in [-0.39, 0.29) is 6.61 Å². The molecule has 0 saturated carbocycles. The predicted molar refractivity (Wildman–Crippen MR) is 61.2 cm³/mol. The number of methoxy groups -OCH3 is 1. The van der Waals surface area contributed by atoms with Crippen LogP contribution in [0.25, 0.3) is 0 Å². The number of benzene rings is 1.